The van der Waals surface area contributed by atoms with Crippen molar-refractivity contribution in [2.75, 3.05) is 6.26 Å². The minimum Gasteiger partial charge on any atom is -0.389 e. The summed E-state index contributed by atoms with van der Waals surface area (Å²) in [5.41, 5.74) is 5.55. The van der Waals surface area contributed by atoms with E-state index in [-0.39, 0.29) is 0 Å². The lowest BCUT2D eigenvalue weighted by atomic mass is 9.75. The summed E-state index contributed by atoms with van der Waals surface area (Å²) in [5.74, 6) is 0. The average Bonchev–Trinajstić information content (AvgIpc) is 2.51. The van der Waals surface area contributed by atoms with Gasteiger partial charge < -0.3 is 5.11 Å². The number of aliphatic hydroxyl groups is 1. The SMILES string of the molecule is CC(O)C=C1CC(c2ccc(S(C)(=O)=O)cc2)=C1c1ccccc1. The van der Waals surface area contributed by atoms with Crippen LogP contribution in [0.15, 0.2) is 71.1 Å². The Hall–Kier alpha value is -2.17. The van der Waals surface area contributed by atoms with Crippen LogP contribution in [0.5, 0.6) is 0 Å². The molecule has 0 aromatic heterocycles. The third-order valence-electron chi connectivity index (χ3n) is 4.13. The molecule has 2 aromatic carbocycles. The molecule has 0 heterocycles. The van der Waals surface area contributed by atoms with Gasteiger partial charge in [0, 0.05) is 6.26 Å². The Bertz CT molecular complexity index is 903. The first-order chi connectivity index (χ1) is 11.4. The Balaban J connectivity index is 2.07. The normalized spacial score (nSPS) is 17.7. The van der Waals surface area contributed by atoms with Crippen molar-refractivity contribution in [3.8, 4) is 0 Å². The van der Waals surface area contributed by atoms with E-state index >= 15 is 0 Å². The van der Waals surface area contributed by atoms with Crippen LogP contribution in [0.4, 0.5) is 0 Å². The lowest BCUT2D eigenvalue weighted by molar-refractivity contribution is 0.243. The second kappa shape index (κ2) is 6.38. The predicted octanol–water partition coefficient (Wildman–Crippen LogP) is 3.71. The minimum absolute atomic E-state index is 0.326. The second-order valence-electron chi connectivity index (χ2n) is 6.13. The molecule has 0 spiro atoms. The van der Waals surface area contributed by atoms with Crippen molar-refractivity contribution >= 4 is 21.0 Å². The molecule has 1 aliphatic rings. The molecule has 2 aromatic rings. The Labute approximate surface area is 142 Å². The summed E-state index contributed by atoms with van der Waals surface area (Å²) in [6, 6.07) is 17.1. The fourth-order valence-corrected chi connectivity index (χ4v) is 3.63. The van der Waals surface area contributed by atoms with E-state index < -0.39 is 15.9 Å². The molecule has 0 saturated carbocycles. The highest BCUT2D eigenvalue weighted by atomic mass is 32.2. The molecule has 24 heavy (non-hydrogen) atoms. The third-order valence-corrected chi connectivity index (χ3v) is 5.25. The summed E-state index contributed by atoms with van der Waals surface area (Å²) in [7, 11) is -3.19. The van der Waals surface area contributed by atoms with Crippen molar-refractivity contribution in [3.05, 3.63) is 77.4 Å². The van der Waals surface area contributed by atoms with Gasteiger partial charge in [-0.1, -0.05) is 48.5 Å². The van der Waals surface area contributed by atoms with Crippen molar-refractivity contribution < 1.29 is 13.5 Å². The zero-order valence-electron chi connectivity index (χ0n) is 13.7. The van der Waals surface area contributed by atoms with Gasteiger partial charge in [0.1, 0.15) is 0 Å². The highest BCUT2D eigenvalue weighted by molar-refractivity contribution is 7.90. The first-order valence-electron chi connectivity index (χ1n) is 7.84. The van der Waals surface area contributed by atoms with Crippen LogP contribution in [0.1, 0.15) is 24.5 Å². The molecule has 0 amide bonds. The molecule has 1 N–H and O–H groups in total. The smallest absolute Gasteiger partial charge is 0.175 e. The van der Waals surface area contributed by atoms with E-state index in [0.717, 1.165) is 28.7 Å². The number of aliphatic hydroxyl groups excluding tert-OH is 1. The molecule has 124 valence electrons. The molecular weight excluding hydrogens is 320 g/mol. The summed E-state index contributed by atoms with van der Waals surface area (Å²) < 4.78 is 23.2. The molecule has 0 bridgehead atoms. The van der Waals surface area contributed by atoms with Gasteiger partial charge in [-0.05, 0) is 53.3 Å². The highest BCUT2D eigenvalue weighted by Gasteiger charge is 2.26. The van der Waals surface area contributed by atoms with Gasteiger partial charge in [-0.3, -0.25) is 0 Å². The van der Waals surface area contributed by atoms with E-state index in [9.17, 15) is 13.5 Å². The quantitative estimate of drug-likeness (QED) is 0.923. The summed E-state index contributed by atoms with van der Waals surface area (Å²) in [6.07, 6.45) is 3.36. The standard InChI is InChI=1S/C20H20O3S/c1-14(21)12-17-13-19(20(17)16-6-4-3-5-7-16)15-8-10-18(11-9-15)24(2,22)23/h3-12,14,21H,13H2,1-2H3. The van der Waals surface area contributed by atoms with Crippen LogP contribution >= 0.6 is 0 Å². The first-order valence-corrected chi connectivity index (χ1v) is 9.73. The summed E-state index contributed by atoms with van der Waals surface area (Å²) in [6.45, 7) is 1.74. The van der Waals surface area contributed by atoms with E-state index in [2.05, 4.69) is 12.1 Å². The van der Waals surface area contributed by atoms with E-state index in [1.165, 1.54) is 11.8 Å². The molecule has 0 fully saturated rings. The van der Waals surface area contributed by atoms with Gasteiger partial charge in [-0.15, -0.1) is 0 Å². The number of hydrogen-bond donors (Lipinski definition) is 1. The zero-order valence-corrected chi connectivity index (χ0v) is 14.5. The predicted molar refractivity (Wildman–Crippen MR) is 97.2 cm³/mol. The summed E-state index contributed by atoms with van der Waals surface area (Å²) >= 11 is 0. The fourth-order valence-electron chi connectivity index (χ4n) is 3.00. The molecule has 1 aliphatic carbocycles. The average molecular weight is 340 g/mol. The molecule has 0 radical (unpaired) electrons. The number of hydrogen-bond acceptors (Lipinski definition) is 3. The van der Waals surface area contributed by atoms with Crippen LogP contribution in [0, 0.1) is 0 Å². The lowest BCUT2D eigenvalue weighted by Gasteiger charge is -2.29. The number of benzene rings is 2. The minimum atomic E-state index is -3.19. The van der Waals surface area contributed by atoms with Gasteiger partial charge in [-0.25, -0.2) is 8.42 Å². The topological polar surface area (TPSA) is 54.4 Å². The largest absolute Gasteiger partial charge is 0.389 e. The summed E-state index contributed by atoms with van der Waals surface area (Å²) in [5, 5.41) is 9.67. The monoisotopic (exact) mass is 340 g/mol. The first kappa shape index (κ1) is 16.7. The van der Waals surface area contributed by atoms with Crippen LogP contribution in [0.25, 0.3) is 11.1 Å². The number of sulfone groups is 1. The molecule has 1 unspecified atom stereocenters. The van der Waals surface area contributed by atoms with E-state index in [4.69, 9.17) is 0 Å². The summed E-state index contributed by atoms with van der Waals surface area (Å²) in [4.78, 5) is 0.326. The Morgan fingerprint density at radius 1 is 1.00 bits per heavy atom. The van der Waals surface area contributed by atoms with Crippen LogP contribution in [0.2, 0.25) is 0 Å². The Morgan fingerprint density at radius 2 is 1.62 bits per heavy atom. The Kier molecular flexibility index (Phi) is 4.43. The number of allylic oxidation sites excluding steroid dienone is 3. The van der Waals surface area contributed by atoms with E-state index in [1.807, 2.05) is 36.4 Å². The second-order valence-corrected chi connectivity index (χ2v) is 8.14. The third kappa shape index (κ3) is 3.35. The van der Waals surface area contributed by atoms with Crippen molar-refractivity contribution in [1.29, 1.82) is 0 Å². The van der Waals surface area contributed by atoms with Gasteiger partial charge in [0.2, 0.25) is 0 Å². The van der Waals surface area contributed by atoms with Crippen LogP contribution in [-0.4, -0.2) is 25.9 Å². The van der Waals surface area contributed by atoms with E-state index in [1.54, 1.807) is 19.1 Å². The molecule has 1 atom stereocenters. The van der Waals surface area contributed by atoms with Gasteiger partial charge in [0.05, 0.1) is 11.0 Å². The van der Waals surface area contributed by atoms with Crippen molar-refractivity contribution in [3.63, 3.8) is 0 Å². The molecular formula is C20H20O3S. The molecule has 0 aliphatic heterocycles. The Morgan fingerprint density at radius 3 is 2.17 bits per heavy atom. The maximum atomic E-state index is 11.6. The van der Waals surface area contributed by atoms with Crippen LogP contribution in [0.3, 0.4) is 0 Å². The van der Waals surface area contributed by atoms with Gasteiger partial charge in [0.15, 0.2) is 9.84 Å². The van der Waals surface area contributed by atoms with E-state index in [0.29, 0.717) is 4.90 Å². The molecule has 0 saturated heterocycles. The maximum Gasteiger partial charge on any atom is 0.175 e. The van der Waals surface area contributed by atoms with Crippen molar-refractivity contribution in [1.82, 2.24) is 0 Å². The fraction of sp³-hybridized carbons (Fsp3) is 0.200. The van der Waals surface area contributed by atoms with Crippen molar-refractivity contribution in [2.24, 2.45) is 0 Å². The zero-order chi connectivity index (χ0) is 17.3. The van der Waals surface area contributed by atoms with Crippen molar-refractivity contribution in [2.45, 2.75) is 24.3 Å². The molecule has 3 rings (SSSR count). The van der Waals surface area contributed by atoms with Gasteiger partial charge in [0.25, 0.3) is 0 Å². The van der Waals surface area contributed by atoms with Gasteiger partial charge >= 0.3 is 0 Å². The maximum absolute atomic E-state index is 11.6. The molecule has 3 nitrogen and oxygen atoms in total. The number of rotatable bonds is 4. The van der Waals surface area contributed by atoms with Crippen LogP contribution < -0.4 is 0 Å². The lowest BCUT2D eigenvalue weighted by Crippen LogP contribution is -2.10. The highest BCUT2D eigenvalue weighted by Crippen LogP contribution is 2.46. The molecule has 4 heteroatoms. The van der Waals surface area contributed by atoms with Crippen LogP contribution in [-0.2, 0) is 9.84 Å². The van der Waals surface area contributed by atoms with Gasteiger partial charge in [-0.2, -0.15) is 0 Å².